The molecule has 0 aliphatic rings. The maximum atomic E-state index is 12.2. The Bertz CT molecular complexity index is 1240. The summed E-state index contributed by atoms with van der Waals surface area (Å²) >= 11 is 0. The van der Waals surface area contributed by atoms with Gasteiger partial charge in [-0.25, -0.2) is 4.79 Å². The van der Waals surface area contributed by atoms with Gasteiger partial charge in [-0.05, 0) is 33.5 Å². The molecule has 4 aromatic carbocycles. The lowest BCUT2D eigenvalue weighted by Gasteiger charge is -2.19. The number of hydrogen-bond donors (Lipinski definition) is 1. The highest BCUT2D eigenvalue weighted by Gasteiger charge is 2.24. The number of aldehydes is 2. The number of carboxylic acids is 1. The average molecular weight is 380 g/mol. The fraction of sp³-hybridized carbons (Fsp3) is 0. The van der Waals surface area contributed by atoms with Crippen LogP contribution in [0.5, 0.6) is 0 Å². The van der Waals surface area contributed by atoms with Crippen molar-refractivity contribution in [3.05, 3.63) is 95.6 Å². The highest BCUT2D eigenvalue weighted by molar-refractivity contribution is 6.19. The van der Waals surface area contributed by atoms with Crippen LogP contribution in [0.15, 0.2) is 78.9 Å². The lowest BCUT2D eigenvalue weighted by Crippen LogP contribution is -2.07. The van der Waals surface area contributed by atoms with Gasteiger partial charge in [0.25, 0.3) is 0 Å². The van der Waals surface area contributed by atoms with Gasteiger partial charge >= 0.3 is 5.97 Å². The molecule has 4 rings (SSSR count). The zero-order valence-electron chi connectivity index (χ0n) is 15.3. The summed E-state index contributed by atoms with van der Waals surface area (Å²) in [7, 11) is 0. The van der Waals surface area contributed by atoms with E-state index in [9.17, 15) is 19.5 Å². The predicted octanol–water partition coefficient (Wildman–Crippen LogP) is 5.50. The number of fused-ring (bicyclic) bond motifs is 1. The Morgan fingerprint density at radius 2 is 1.28 bits per heavy atom. The molecule has 4 aromatic rings. The number of benzene rings is 4. The molecule has 0 aliphatic heterocycles. The summed E-state index contributed by atoms with van der Waals surface area (Å²) in [6.07, 6.45) is 1.33. The van der Waals surface area contributed by atoms with Crippen LogP contribution in [0, 0.1) is 0 Å². The van der Waals surface area contributed by atoms with Crippen molar-refractivity contribution >= 4 is 29.3 Å². The molecule has 4 nitrogen and oxygen atoms in total. The first-order valence-corrected chi connectivity index (χ1v) is 9.04. The van der Waals surface area contributed by atoms with Crippen LogP contribution in [0.2, 0.25) is 0 Å². The van der Waals surface area contributed by atoms with Gasteiger partial charge in [0.1, 0.15) is 6.29 Å². The normalized spacial score (nSPS) is 10.6. The van der Waals surface area contributed by atoms with Gasteiger partial charge in [-0.15, -0.1) is 0 Å². The van der Waals surface area contributed by atoms with Crippen molar-refractivity contribution in [1.29, 1.82) is 0 Å². The van der Waals surface area contributed by atoms with Gasteiger partial charge in [-0.2, -0.15) is 0 Å². The number of carbonyl (C=O) groups is 3. The molecule has 0 saturated heterocycles. The molecule has 4 heteroatoms. The van der Waals surface area contributed by atoms with Crippen molar-refractivity contribution in [2.75, 3.05) is 0 Å². The van der Waals surface area contributed by atoms with Gasteiger partial charge in [0.2, 0.25) is 0 Å². The lowest BCUT2D eigenvalue weighted by molar-refractivity contribution is 0.0696. The molecule has 0 atom stereocenters. The Morgan fingerprint density at radius 1 is 0.690 bits per heavy atom. The minimum Gasteiger partial charge on any atom is -0.478 e. The third-order valence-electron chi connectivity index (χ3n) is 4.96. The van der Waals surface area contributed by atoms with Crippen LogP contribution in [0.1, 0.15) is 31.1 Å². The molecule has 0 unspecified atom stereocenters. The van der Waals surface area contributed by atoms with Crippen LogP contribution >= 0.6 is 0 Å². The third kappa shape index (κ3) is 3.11. The smallest absolute Gasteiger partial charge is 0.337 e. The van der Waals surface area contributed by atoms with Crippen molar-refractivity contribution < 1.29 is 19.5 Å². The SMILES string of the molecule is O=Cc1ccc2c(C(=O)O)c(C=O)c(-c3ccccc3)c(-c3ccccc3)c2c1. The standard InChI is InChI=1S/C25H16O4/c26-14-16-11-12-19-20(13-16)22(17-7-3-1-4-8-17)23(18-9-5-2-6-10-18)21(15-27)24(19)25(28)29/h1-15H,(H,28,29). The lowest BCUT2D eigenvalue weighted by atomic mass is 9.83. The summed E-state index contributed by atoms with van der Waals surface area (Å²) in [6.45, 7) is 0. The minimum absolute atomic E-state index is 0.0639. The molecule has 0 radical (unpaired) electrons. The summed E-state index contributed by atoms with van der Waals surface area (Å²) < 4.78 is 0. The summed E-state index contributed by atoms with van der Waals surface area (Å²) in [4.78, 5) is 35.7. The molecule has 0 heterocycles. The minimum atomic E-state index is -1.19. The Balaban J connectivity index is 2.31. The van der Waals surface area contributed by atoms with Gasteiger partial charge in [0.05, 0.1) is 5.56 Å². The average Bonchev–Trinajstić information content (AvgIpc) is 2.77. The first-order chi connectivity index (χ1) is 14.2. The first-order valence-electron chi connectivity index (χ1n) is 9.04. The van der Waals surface area contributed by atoms with Crippen molar-refractivity contribution in [3.63, 3.8) is 0 Å². The highest BCUT2D eigenvalue weighted by atomic mass is 16.4. The molecule has 1 N–H and O–H groups in total. The quantitative estimate of drug-likeness (QED) is 0.464. The van der Waals surface area contributed by atoms with E-state index in [-0.39, 0.29) is 11.1 Å². The molecule has 0 aliphatic carbocycles. The summed E-state index contributed by atoms with van der Waals surface area (Å²) in [6, 6.07) is 23.5. The van der Waals surface area contributed by atoms with Crippen LogP contribution in [0.3, 0.4) is 0 Å². The van der Waals surface area contributed by atoms with E-state index in [4.69, 9.17) is 0 Å². The molecule has 0 spiro atoms. The van der Waals surface area contributed by atoms with Crippen molar-refractivity contribution in [3.8, 4) is 22.3 Å². The van der Waals surface area contributed by atoms with E-state index in [0.29, 0.717) is 28.2 Å². The fourth-order valence-corrected chi connectivity index (χ4v) is 3.76. The second kappa shape index (κ2) is 7.52. The zero-order chi connectivity index (χ0) is 20.4. The number of aromatic carboxylic acids is 1. The van der Waals surface area contributed by atoms with Crippen LogP contribution < -0.4 is 0 Å². The van der Waals surface area contributed by atoms with Crippen LogP contribution in [-0.2, 0) is 0 Å². The topological polar surface area (TPSA) is 71.4 Å². The Labute approximate surface area is 167 Å². The van der Waals surface area contributed by atoms with Crippen LogP contribution in [-0.4, -0.2) is 23.6 Å². The van der Waals surface area contributed by atoms with Gasteiger partial charge in [-0.3, -0.25) is 9.59 Å². The number of rotatable bonds is 5. The highest BCUT2D eigenvalue weighted by Crippen LogP contribution is 2.42. The Kier molecular flexibility index (Phi) is 4.75. The van der Waals surface area contributed by atoms with Crippen LogP contribution in [0.4, 0.5) is 0 Å². The summed E-state index contributed by atoms with van der Waals surface area (Å²) in [5.41, 5.74) is 3.32. The summed E-state index contributed by atoms with van der Waals surface area (Å²) in [5.74, 6) is -1.19. The predicted molar refractivity (Wildman–Crippen MR) is 113 cm³/mol. The fourth-order valence-electron chi connectivity index (χ4n) is 3.76. The maximum absolute atomic E-state index is 12.2. The van der Waals surface area contributed by atoms with Gasteiger partial charge < -0.3 is 5.11 Å². The second-order valence-corrected chi connectivity index (χ2v) is 6.62. The number of carboxylic acid groups (broad SMARTS) is 1. The monoisotopic (exact) mass is 380 g/mol. The van der Waals surface area contributed by atoms with Gasteiger partial charge in [0.15, 0.2) is 6.29 Å². The van der Waals surface area contributed by atoms with E-state index in [2.05, 4.69) is 0 Å². The van der Waals surface area contributed by atoms with E-state index >= 15 is 0 Å². The molecule has 0 amide bonds. The van der Waals surface area contributed by atoms with Crippen molar-refractivity contribution in [2.24, 2.45) is 0 Å². The van der Waals surface area contributed by atoms with Crippen molar-refractivity contribution in [2.45, 2.75) is 0 Å². The van der Waals surface area contributed by atoms with Crippen LogP contribution in [0.25, 0.3) is 33.0 Å². The van der Waals surface area contributed by atoms with Crippen molar-refractivity contribution in [1.82, 2.24) is 0 Å². The Hall–Kier alpha value is -4.05. The molecule has 0 fully saturated rings. The van der Waals surface area contributed by atoms with E-state index in [1.807, 2.05) is 60.7 Å². The largest absolute Gasteiger partial charge is 0.478 e. The van der Waals surface area contributed by atoms with E-state index in [1.54, 1.807) is 18.2 Å². The summed E-state index contributed by atoms with van der Waals surface area (Å²) in [5, 5.41) is 11.0. The van der Waals surface area contributed by atoms with Gasteiger partial charge in [0, 0.05) is 16.7 Å². The first kappa shape index (κ1) is 18.3. The zero-order valence-corrected chi connectivity index (χ0v) is 15.3. The van der Waals surface area contributed by atoms with E-state index < -0.39 is 5.97 Å². The Morgan fingerprint density at radius 3 is 1.79 bits per heavy atom. The van der Waals surface area contributed by atoms with E-state index in [1.165, 1.54) is 0 Å². The molecule has 29 heavy (non-hydrogen) atoms. The molecule has 140 valence electrons. The number of hydrogen-bond acceptors (Lipinski definition) is 3. The third-order valence-corrected chi connectivity index (χ3v) is 4.96. The van der Waals surface area contributed by atoms with E-state index in [0.717, 1.165) is 23.0 Å². The molecular weight excluding hydrogens is 364 g/mol. The molecular formula is C25H16O4. The maximum Gasteiger partial charge on any atom is 0.337 e. The molecule has 0 saturated carbocycles. The number of carbonyl (C=O) groups excluding carboxylic acids is 2. The second-order valence-electron chi connectivity index (χ2n) is 6.62. The molecule has 0 aromatic heterocycles. The molecule has 0 bridgehead atoms. The van der Waals surface area contributed by atoms with Gasteiger partial charge in [-0.1, -0.05) is 72.8 Å².